The van der Waals surface area contributed by atoms with Gasteiger partial charge in [0.25, 0.3) is 5.91 Å². The van der Waals surface area contributed by atoms with Crippen LogP contribution in [0, 0.1) is 18.3 Å². The van der Waals surface area contributed by atoms with Crippen LogP contribution in [0.2, 0.25) is 0 Å². The molecule has 1 aromatic carbocycles. The van der Waals surface area contributed by atoms with Gasteiger partial charge in [-0.3, -0.25) is 4.79 Å². The minimum Gasteiger partial charge on any atom is -0.504 e. The minimum absolute atomic E-state index is 0.00781. The molecule has 0 aliphatic carbocycles. The fourth-order valence-corrected chi connectivity index (χ4v) is 3.75. The zero-order valence-electron chi connectivity index (χ0n) is 17.8. The van der Waals surface area contributed by atoms with E-state index in [0.717, 1.165) is 12.1 Å². The van der Waals surface area contributed by atoms with Crippen LogP contribution in [0.3, 0.4) is 0 Å². The van der Waals surface area contributed by atoms with Gasteiger partial charge in [-0.1, -0.05) is 12.1 Å². The lowest BCUT2D eigenvalue weighted by molar-refractivity contribution is 0.0572. The second-order valence-electron chi connectivity index (χ2n) is 7.88. The Bertz CT molecular complexity index is 1160. The fraction of sp³-hybridized carbons (Fsp3) is 0.304. The zero-order valence-corrected chi connectivity index (χ0v) is 17.8. The molecule has 2 aromatic heterocycles. The van der Waals surface area contributed by atoms with Crippen molar-refractivity contribution in [3.63, 3.8) is 0 Å². The summed E-state index contributed by atoms with van der Waals surface area (Å²) in [5.41, 5.74) is 2.87. The number of hydrogen-bond acceptors (Lipinski definition) is 6. The SMILES string of the molecule is Cc1c(C#N)cccc1-c1nn(-c2ccc(C(=O)N3CCN(C)[C@@H](C)C3)cn2)cc1O. The van der Waals surface area contributed by atoms with E-state index in [1.54, 1.807) is 30.5 Å². The molecule has 1 saturated heterocycles. The van der Waals surface area contributed by atoms with Gasteiger partial charge in [-0.2, -0.15) is 10.4 Å². The normalized spacial score (nSPS) is 16.8. The molecule has 3 heterocycles. The monoisotopic (exact) mass is 416 g/mol. The summed E-state index contributed by atoms with van der Waals surface area (Å²) in [5, 5.41) is 24.2. The Kier molecular flexibility index (Phi) is 5.44. The lowest BCUT2D eigenvalue weighted by atomic mass is 10.0. The van der Waals surface area contributed by atoms with Crippen molar-refractivity contribution in [1.29, 1.82) is 5.26 Å². The smallest absolute Gasteiger partial charge is 0.255 e. The van der Waals surface area contributed by atoms with Crippen molar-refractivity contribution in [3.8, 4) is 28.9 Å². The predicted molar refractivity (Wildman–Crippen MR) is 116 cm³/mol. The molecule has 1 aliphatic heterocycles. The van der Waals surface area contributed by atoms with Crippen LogP contribution >= 0.6 is 0 Å². The molecule has 158 valence electrons. The first kappa shape index (κ1) is 20.6. The summed E-state index contributed by atoms with van der Waals surface area (Å²) in [5.74, 6) is 0.442. The number of aromatic nitrogens is 3. The first-order valence-electron chi connectivity index (χ1n) is 10.1. The summed E-state index contributed by atoms with van der Waals surface area (Å²) in [6, 6.07) is 11.2. The van der Waals surface area contributed by atoms with E-state index in [4.69, 9.17) is 0 Å². The molecule has 8 heteroatoms. The highest BCUT2D eigenvalue weighted by atomic mass is 16.3. The second-order valence-corrected chi connectivity index (χ2v) is 7.88. The van der Waals surface area contributed by atoms with Gasteiger partial charge in [-0.25, -0.2) is 9.67 Å². The minimum atomic E-state index is -0.0352. The summed E-state index contributed by atoms with van der Waals surface area (Å²) in [6.45, 7) is 6.16. The highest BCUT2D eigenvalue weighted by molar-refractivity contribution is 5.94. The van der Waals surface area contributed by atoms with Crippen molar-refractivity contribution < 1.29 is 9.90 Å². The third-order valence-corrected chi connectivity index (χ3v) is 5.88. The third kappa shape index (κ3) is 3.88. The third-order valence-electron chi connectivity index (χ3n) is 5.88. The topological polar surface area (TPSA) is 98.3 Å². The number of benzene rings is 1. The number of piperazine rings is 1. The van der Waals surface area contributed by atoms with Crippen molar-refractivity contribution in [2.24, 2.45) is 0 Å². The van der Waals surface area contributed by atoms with E-state index in [1.807, 2.05) is 17.9 Å². The molecule has 1 amide bonds. The number of amides is 1. The standard InChI is InChI=1S/C23H24N6O2/c1-15-13-28(10-9-27(15)3)23(31)18-7-8-21(25-12-18)29-14-20(30)22(26-29)19-6-4-5-17(11-24)16(19)2/h4-8,12,14-15,30H,9-10,13H2,1-3H3/t15-/m0/s1. The zero-order chi connectivity index (χ0) is 22.1. The summed E-state index contributed by atoms with van der Waals surface area (Å²) in [6.07, 6.45) is 3.01. The van der Waals surface area contributed by atoms with E-state index in [1.165, 1.54) is 10.9 Å². The summed E-state index contributed by atoms with van der Waals surface area (Å²) < 4.78 is 1.47. The maximum Gasteiger partial charge on any atom is 0.255 e. The number of pyridine rings is 1. The van der Waals surface area contributed by atoms with E-state index in [-0.39, 0.29) is 11.7 Å². The summed E-state index contributed by atoms with van der Waals surface area (Å²) in [4.78, 5) is 21.3. The van der Waals surface area contributed by atoms with Crippen LogP contribution in [0.4, 0.5) is 0 Å². The van der Waals surface area contributed by atoms with Crippen molar-refractivity contribution in [1.82, 2.24) is 24.6 Å². The van der Waals surface area contributed by atoms with Crippen LogP contribution in [-0.2, 0) is 0 Å². The van der Waals surface area contributed by atoms with Gasteiger partial charge in [0.1, 0.15) is 5.69 Å². The van der Waals surface area contributed by atoms with Crippen molar-refractivity contribution in [2.75, 3.05) is 26.7 Å². The average Bonchev–Trinajstić information content (AvgIpc) is 3.17. The lowest BCUT2D eigenvalue weighted by Crippen LogP contribution is -2.52. The van der Waals surface area contributed by atoms with Crippen LogP contribution in [0.5, 0.6) is 5.75 Å². The number of likely N-dealkylation sites (N-methyl/N-ethyl adjacent to an activating group) is 1. The predicted octanol–water partition coefficient (Wildman–Crippen LogP) is 2.60. The molecule has 0 radical (unpaired) electrons. The Balaban J connectivity index is 1.57. The number of rotatable bonds is 3. The Morgan fingerprint density at radius 1 is 1.26 bits per heavy atom. The molecule has 0 bridgehead atoms. The van der Waals surface area contributed by atoms with Gasteiger partial charge in [0.2, 0.25) is 0 Å². The Morgan fingerprint density at radius 3 is 2.74 bits per heavy atom. The Labute approximate surface area is 181 Å². The maximum atomic E-state index is 12.8. The molecule has 31 heavy (non-hydrogen) atoms. The van der Waals surface area contributed by atoms with Crippen molar-refractivity contribution >= 4 is 5.91 Å². The van der Waals surface area contributed by atoms with Crippen LogP contribution < -0.4 is 0 Å². The van der Waals surface area contributed by atoms with Gasteiger partial charge >= 0.3 is 0 Å². The van der Waals surface area contributed by atoms with Gasteiger partial charge in [-0.05, 0) is 44.7 Å². The summed E-state index contributed by atoms with van der Waals surface area (Å²) >= 11 is 0. The van der Waals surface area contributed by atoms with E-state index in [9.17, 15) is 15.2 Å². The van der Waals surface area contributed by atoms with Gasteiger partial charge in [-0.15, -0.1) is 0 Å². The van der Waals surface area contributed by atoms with Gasteiger partial charge in [0.05, 0.1) is 23.4 Å². The lowest BCUT2D eigenvalue weighted by Gasteiger charge is -2.37. The number of nitrogens with zero attached hydrogens (tertiary/aromatic N) is 6. The second kappa shape index (κ2) is 8.20. The number of hydrogen-bond donors (Lipinski definition) is 1. The fourth-order valence-electron chi connectivity index (χ4n) is 3.75. The largest absolute Gasteiger partial charge is 0.504 e. The molecular formula is C23H24N6O2. The van der Waals surface area contributed by atoms with Gasteiger partial charge < -0.3 is 14.9 Å². The first-order chi connectivity index (χ1) is 14.9. The quantitative estimate of drug-likeness (QED) is 0.705. The van der Waals surface area contributed by atoms with E-state index < -0.39 is 0 Å². The molecule has 0 spiro atoms. The van der Waals surface area contributed by atoms with Gasteiger partial charge in [0, 0.05) is 37.4 Å². The van der Waals surface area contributed by atoms with Gasteiger partial charge in [0.15, 0.2) is 11.6 Å². The number of nitriles is 1. The summed E-state index contributed by atoms with van der Waals surface area (Å²) in [7, 11) is 2.06. The Hall–Kier alpha value is -3.70. The van der Waals surface area contributed by atoms with E-state index in [0.29, 0.717) is 47.3 Å². The highest BCUT2D eigenvalue weighted by Crippen LogP contribution is 2.32. The highest BCUT2D eigenvalue weighted by Gasteiger charge is 2.25. The molecule has 1 fully saturated rings. The number of carbonyl (C=O) groups excluding carboxylic acids is 1. The molecular weight excluding hydrogens is 392 g/mol. The number of aromatic hydroxyl groups is 1. The van der Waals surface area contributed by atoms with E-state index in [2.05, 4.69) is 35.0 Å². The van der Waals surface area contributed by atoms with Crippen molar-refractivity contribution in [3.05, 3.63) is 59.4 Å². The molecule has 3 aromatic rings. The molecule has 8 nitrogen and oxygen atoms in total. The first-order valence-corrected chi connectivity index (χ1v) is 10.1. The van der Waals surface area contributed by atoms with Crippen LogP contribution in [0.1, 0.15) is 28.4 Å². The molecule has 0 saturated carbocycles. The van der Waals surface area contributed by atoms with Crippen LogP contribution in [0.25, 0.3) is 17.1 Å². The molecule has 4 rings (SSSR count). The molecule has 1 N–H and O–H groups in total. The maximum absolute atomic E-state index is 12.8. The average molecular weight is 416 g/mol. The van der Waals surface area contributed by atoms with E-state index >= 15 is 0 Å². The van der Waals surface area contributed by atoms with Crippen molar-refractivity contribution in [2.45, 2.75) is 19.9 Å². The molecule has 1 atom stereocenters. The number of carbonyl (C=O) groups is 1. The molecule has 1 aliphatic rings. The Morgan fingerprint density at radius 2 is 2.06 bits per heavy atom. The molecule has 0 unspecified atom stereocenters. The van der Waals surface area contributed by atoms with Crippen LogP contribution in [0.15, 0.2) is 42.7 Å². The van der Waals surface area contributed by atoms with Crippen LogP contribution in [-0.4, -0.2) is 68.3 Å².